The summed E-state index contributed by atoms with van der Waals surface area (Å²) in [6, 6.07) is 13.5. The van der Waals surface area contributed by atoms with Gasteiger partial charge in [-0.15, -0.1) is 16.4 Å². The first-order valence-electron chi connectivity index (χ1n) is 8.71. The quantitative estimate of drug-likeness (QED) is 0.769. The van der Waals surface area contributed by atoms with E-state index < -0.39 is 6.10 Å². The fourth-order valence-electron chi connectivity index (χ4n) is 3.34. The Kier molecular flexibility index (Phi) is 4.81. The van der Waals surface area contributed by atoms with Gasteiger partial charge in [0.15, 0.2) is 5.69 Å². The van der Waals surface area contributed by atoms with Crippen LogP contribution in [0.2, 0.25) is 0 Å². The maximum atomic E-state index is 12.7. The van der Waals surface area contributed by atoms with Gasteiger partial charge in [0, 0.05) is 18.0 Å². The molecule has 0 radical (unpaired) electrons. The number of rotatable bonds is 4. The summed E-state index contributed by atoms with van der Waals surface area (Å²) in [4.78, 5) is 15.5. The van der Waals surface area contributed by atoms with Crippen molar-refractivity contribution in [2.24, 2.45) is 5.92 Å². The summed E-state index contributed by atoms with van der Waals surface area (Å²) in [5.41, 5.74) is 1.22. The third-order valence-corrected chi connectivity index (χ3v) is 5.78. The van der Waals surface area contributed by atoms with Gasteiger partial charge in [-0.2, -0.15) is 0 Å². The van der Waals surface area contributed by atoms with Crippen molar-refractivity contribution in [3.05, 3.63) is 64.6 Å². The first-order chi connectivity index (χ1) is 12.7. The van der Waals surface area contributed by atoms with Crippen molar-refractivity contribution >= 4 is 17.2 Å². The molecule has 1 aromatic carbocycles. The number of amides is 1. The number of likely N-dealkylation sites (tertiary alicyclic amines) is 1. The number of para-hydroxylation sites is 1. The van der Waals surface area contributed by atoms with Gasteiger partial charge in [0.1, 0.15) is 0 Å². The zero-order valence-electron chi connectivity index (χ0n) is 14.2. The Bertz CT molecular complexity index is 855. The van der Waals surface area contributed by atoms with Crippen LogP contribution < -0.4 is 0 Å². The SMILES string of the molecule is O=C(c1cn(-c2ccccc2)nn1)N1CCC(C(O)c2cccs2)CC1. The number of carbonyl (C=O) groups excluding carboxylic acids is 1. The second-order valence-electron chi connectivity index (χ2n) is 6.47. The molecule has 2 aromatic heterocycles. The van der Waals surface area contributed by atoms with E-state index in [1.54, 1.807) is 27.1 Å². The largest absolute Gasteiger partial charge is 0.387 e. The highest BCUT2D eigenvalue weighted by Gasteiger charge is 2.30. The smallest absolute Gasteiger partial charge is 0.276 e. The number of carbonyl (C=O) groups is 1. The standard InChI is InChI=1S/C19H20N4O2S/c24-18(17-7-4-12-26-17)14-8-10-22(11-9-14)19(25)16-13-23(21-20-16)15-5-2-1-3-6-15/h1-7,12-14,18,24H,8-11H2. The third kappa shape index (κ3) is 3.40. The van der Waals surface area contributed by atoms with Crippen LogP contribution in [0.3, 0.4) is 0 Å². The Labute approximate surface area is 155 Å². The molecular formula is C19H20N4O2S. The van der Waals surface area contributed by atoms with Crippen molar-refractivity contribution in [1.29, 1.82) is 0 Å². The Morgan fingerprint density at radius 2 is 1.92 bits per heavy atom. The van der Waals surface area contributed by atoms with Crippen LogP contribution in [-0.2, 0) is 0 Å². The predicted octanol–water partition coefficient (Wildman–Crippen LogP) is 2.91. The molecule has 134 valence electrons. The van der Waals surface area contributed by atoms with E-state index in [2.05, 4.69) is 10.3 Å². The molecule has 1 N–H and O–H groups in total. The molecular weight excluding hydrogens is 348 g/mol. The first-order valence-corrected chi connectivity index (χ1v) is 9.59. The summed E-state index contributed by atoms with van der Waals surface area (Å²) in [6.07, 6.45) is 2.81. The minimum Gasteiger partial charge on any atom is -0.387 e. The lowest BCUT2D eigenvalue weighted by atomic mass is 9.90. The van der Waals surface area contributed by atoms with Crippen molar-refractivity contribution in [2.75, 3.05) is 13.1 Å². The molecule has 1 atom stereocenters. The van der Waals surface area contributed by atoms with Crippen molar-refractivity contribution in [2.45, 2.75) is 18.9 Å². The summed E-state index contributed by atoms with van der Waals surface area (Å²) in [5.74, 6) is 0.0916. The number of thiophene rings is 1. The second-order valence-corrected chi connectivity index (χ2v) is 7.45. The van der Waals surface area contributed by atoms with Gasteiger partial charge in [0.2, 0.25) is 0 Å². The summed E-state index contributed by atoms with van der Waals surface area (Å²) < 4.78 is 1.61. The summed E-state index contributed by atoms with van der Waals surface area (Å²) in [5, 5.41) is 20.6. The van der Waals surface area contributed by atoms with Gasteiger partial charge < -0.3 is 10.0 Å². The van der Waals surface area contributed by atoms with Crippen LogP contribution in [0.15, 0.2) is 54.0 Å². The molecule has 3 heterocycles. The molecule has 26 heavy (non-hydrogen) atoms. The van der Waals surface area contributed by atoms with E-state index in [-0.39, 0.29) is 11.8 Å². The predicted molar refractivity (Wildman–Crippen MR) is 99.3 cm³/mol. The van der Waals surface area contributed by atoms with Crippen LogP contribution in [0.25, 0.3) is 5.69 Å². The number of aliphatic hydroxyl groups excluding tert-OH is 1. The van der Waals surface area contributed by atoms with Crippen molar-refractivity contribution < 1.29 is 9.90 Å². The fourth-order valence-corrected chi connectivity index (χ4v) is 4.14. The molecule has 1 aliphatic rings. The van der Waals surface area contributed by atoms with E-state index in [1.165, 1.54) is 0 Å². The van der Waals surface area contributed by atoms with Crippen molar-refractivity contribution in [1.82, 2.24) is 19.9 Å². The molecule has 0 bridgehead atoms. The molecule has 6 nitrogen and oxygen atoms in total. The van der Waals surface area contributed by atoms with Crippen molar-refractivity contribution in [3.8, 4) is 5.69 Å². The van der Waals surface area contributed by atoms with Crippen LogP contribution in [0.1, 0.15) is 34.3 Å². The number of aromatic nitrogens is 3. The second kappa shape index (κ2) is 7.39. The van der Waals surface area contributed by atoms with Crippen LogP contribution >= 0.6 is 11.3 Å². The van der Waals surface area contributed by atoms with Crippen LogP contribution in [0, 0.1) is 5.92 Å². The van der Waals surface area contributed by atoms with Crippen LogP contribution in [0.5, 0.6) is 0 Å². The summed E-state index contributed by atoms with van der Waals surface area (Å²) in [6.45, 7) is 1.26. The Morgan fingerprint density at radius 1 is 1.15 bits per heavy atom. The number of aliphatic hydroxyl groups is 1. The summed E-state index contributed by atoms with van der Waals surface area (Å²) >= 11 is 1.58. The molecule has 0 spiro atoms. The highest BCUT2D eigenvalue weighted by atomic mass is 32.1. The van der Waals surface area contributed by atoms with Gasteiger partial charge in [-0.3, -0.25) is 4.79 Å². The van der Waals surface area contributed by atoms with Gasteiger partial charge >= 0.3 is 0 Å². The van der Waals surface area contributed by atoms with E-state index in [9.17, 15) is 9.90 Å². The van der Waals surface area contributed by atoms with Gasteiger partial charge in [0.05, 0.1) is 18.0 Å². The van der Waals surface area contributed by atoms with E-state index in [4.69, 9.17) is 0 Å². The number of piperidine rings is 1. The monoisotopic (exact) mass is 368 g/mol. The average Bonchev–Trinajstić information content (AvgIpc) is 3.40. The minimum absolute atomic E-state index is 0.101. The molecule has 0 aliphatic carbocycles. The van der Waals surface area contributed by atoms with Crippen LogP contribution in [-0.4, -0.2) is 44.0 Å². The molecule has 0 saturated carbocycles. The topological polar surface area (TPSA) is 71.2 Å². The van der Waals surface area contributed by atoms with Crippen LogP contribution in [0.4, 0.5) is 0 Å². The summed E-state index contributed by atoms with van der Waals surface area (Å²) in [7, 11) is 0. The third-order valence-electron chi connectivity index (χ3n) is 4.84. The molecule has 7 heteroatoms. The number of benzene rings is 1. The molecule has 1 saturated heterocycles. The lowest BCUT2D eigenvalue weighted by Gasteiger charge is -2.33. The lowest BCUT2D eigenvalue weighted by molar-refractivity contribution is 0.0470. The van der Waals surface area contributed by atoms with E-state index in [1.807, 2.05) is 47.8 Å². The van der Waals surface area contributed by atoms with E-state index >= 15 is 0 Å². The molecule has 4 rings (SSSR count). The maximum Gasteiger partial charge on any atom is 0.276 e. The van der Waals surface area contributed by atoms with E-state index in [0.717, 1.165) is 23.4 Å². The molecule has 1 unspecified atom stereocenters. The first kappa shape index (κ1) is 16.9. The highest BCUT2D eigenvalue weighted by molar-refractivity contribution is 7.10. The highest BCUT2D eigenvalue weighted by Crippen LogP contribution is 2.33. The van der Waals surface area contributed by atoms with Gasteiger partial charge in [-0.05, 0) is 42.3 Å². The number of hydrogen-bond donors (Lipinski definition) is 1. The molecule has 1 fully saturated rings. The zero-order chi connectivity index (χ0) is 17.9. The van der Waals surface area contributed by atoms with Gasteiger partial charge in [-0.25, -0.2) is 4.68 Å². The Balaban J connectivity index is 1.39. The normalized spacial score (nSPS) is 16.6. The Hall–Kier alpha value is -2.51. The van der Waals surface area contributed by atoms with E-state index in [0.29, 0.717) is 18.8 Å². The number of hydrogen-bond acceptors (Lipinski definition) is 5. The zero-order valence-corrected chi connectivity index (χ0v) is 15.0. The number of nitrogens with zero attached hydrogens (tertiary/aromatic N) is 4. The minimum atomic E-state index is -0.439. The molecule has 1 amide bonds. The fraction of sp³-hybridized carbons (Fsp3) is 0.316. The Morgan fingerprint density at radius 3 is 2.62 bits per heavy atom. The molecule has 1 aliphatic heterocycles. The van der Waals surface area contributed by atoms with Crippen molar-refractivity contribution in [3.63, 3.8) is 0 Å². The van der Waals surface area contributed by atoms with Gasteiger partial charge in [0.25, 0.3) is 5.91 Å². The lowest BCUT2D eigenvalue weighted by Crippen LogP contribution is -2.39. The maximum absolute atomic E-state index is 12.7. The van der Waals surface area contributed by atoms with Gasteiger partial charge in [-0.1, -0.05) is 29.5 Å². The molecule has 3 aromatic rings. The average molecular weight is 368 g/mol.